The van der Waals surface area contributed by atoms with E-state index in [1.807, 2.05) is 84.9 Å². The van der Waals surface area contributed by atoms with Gasteiger partial charge in [0.15, 0.2) is 0 Å². The maximum atomic E-state index is 13.8. The van der Waals surface area contributed by atoms with Crippen LogP contribution in [0.2, 0.25) is 0 Å². The standard InChI is InChI=1S/C30H21NO4/c32-29(31-16-13-14-18-17-7-5-6-12-23(17)35-24(18)15-16)27-25-19-8-1-3-10-21(19)26(28(27)30(33)34)22-11-4-2-9-20(22)25/h1-15,25-28H,(H,31,32)(H,33,34)/p-1. The number of rotatable bonds is 3. The summed E-state index contributed by atoms with van der Waals surface area (Å²) in [7, 11) is 0. The highest BCUT2D eigenvalue weighted by Gasteiger charge is 2.52. The molecule has 2 unspecified atom stereocenters. The fourth-order valence-electron chi connectivity index (χ4n) is 6.30. The molecule has 3 aliphatic carbocycles. The maximum absolute atomic E-state index is 13.8. The molecule has 2 bridgehead atoms. The summed E-state index contributed by atoms with van der Waals surface area (Å²) in [6.45, 7) is 0. The van der Waals surface area contributed by atoms with E-state index in [0.717, 1.165) is 38.6 Å². The molecule has 5 heteroatoms. The Bertz CT molecular complexity index is 1620. The summed E-state index contributed by atoms with van der Waals surface area (Å²) in [4.78, 5) is 26.3. The van der Waals surface area contributed by atoms with Crippen LogP contribution in [0.3, 0.4) is 0 Å². The number of carboxylic acids is 1. The van der Waals surface area contributed by atoms with E-state index in [2.05, 4.69) is 5.32 Å². The second-order valence-corrected chi connectivity index (χ2v) is 9.38. The molecule has 0 spiro atoms. The zero-order valence-electron chi connectivity index (χ0n) is 18.6. The van der Waals surface area contributed by atoms with E-state index in [1.165, 1.54) is 0 Å². The van der Waals surface area contributed by atoms with Crippen LogP contribution in [0, 0.1) is 11.8 Å². The van der Waals surface area contributed by atoms with Gasteiger partial charge < -0.3 is 19.6 Å². The number of carboxylic acid groups (broad SMARTS) is 1. The molecule has 170 valence electrons. The second-order valence-electron chi connectivity index (χ2n) is 9.38. The molecule has 0 aliphatic heterocycles. The monoisotopic (exact) mass is 458 g/mol. The molecule has 1 aromatic heterocycles. The van der Waals surface area contributed by atoms with Crippen LogP contribution in [0.4, 0.5) is 5.69 Å². The summed E-state index contributed by atoms with van der Waals surface area (Å²) < 4.78 is 5.97. The van der Waals surface area contributed by atoms with Gasteiger partial charge in [0.05, 0.1) is 5.92 Å². The van der Waals surface area contributed by atoms with Crippen molar-refractivity contribution in [2.45, 2.75) is 11.8 Å². The van der Waals surface area contributed by atoms with Crippen LogP contribution in [-0.4, -0.2) is 11.9 Å². The van der Waals surface area contributed by atoms with E-state index >= 15 is 0 Å². The van der Waals surface area contributed by atoms with Gasteiger partial charge >= 0.3 is 0 Å². The number of anilines is 1. The Morgan fingerprint density at radius 3 is 1.83 bits per heavy atom. The Morgan fingerprint density at radius 2 is 1.20 bits per heavy atom. The number of para-hydroxylation sites is 1. The molecule has 0 saturated carbocycles. The highest BCUT2D eigenvalue weighted by Crippen LogP contribution is 2.58. The smallest absolute Gasteiger partial charge is 0.229 e. The van der Waals surface area contributed by atoms with Gasteiger partial charge in [-0.2, -0.15) is 0 Å². The minimum absolute atomic E-state index is 0.325. The molecule has 0 fully saturated rings. The van der Waals surface area contributed by atoms with Gasteiger partial charge in [-0.1, -0.05) is 66.7 Å². The predicted octanol–water partition coefficient (Wildman–Crippen LogP) is 4.80. The first-order chi connectivity index (χ1) is 17.1. The lowest BCUT2D eigenvalue weighted by Crippen LogP contribution is -2.52. The van der Waals surface area contributed by atoms with E-state index in [0.29, 0.717) is 11.3 Å². The summed E-state index contributed by atoms with van der Waals surface area (Å²) >= 11 is 0. The van der Waals surface area contributed by atoms with Gasteiger partial charge in [0.2, 0.25) is 5.91 Å². The quantitative estimate of drug-likeness (QED) is 0.421. The van der Waals surface area contributed by atoms with Crippen LogP contribution in [0.5, 0.6) is 0 Å². The Labute approximate surface area is 201 Å². The Kier molecular flexibility index (Phi) is 4.18. The number of amides is 1. The molecule has 5 nitrogen and oxygen atoms in total. The van der Waals surface area contributed by atoms with Crippen molar-refractivity contribution in [3.05, 3.63) is 113 Å². The van der Waals surface area contributed by atoms with Crippen LogP contribution in [0.25, 0.3) is 21.9 Å². The molecule has 35 heavy (non-hydrogen) atoms. The van der Waals surface area contributed by atoms with E-state index < -0.39 is 23.7 Å². The molecule has 1 N–H and O–H groups in total. The number of carbonyl (C=O) groups is 2. The number of nitrogens with one attached hydrogen (secondary N) is 1. The van der Waals surface area contributed by atoms with Crippen molar-refractivity contribution in [1.82, 2.24) is 0 Å². The van der Waals surface area contributed by atoms with Crippen molar-refractivity contribution < 1.29 is 19.1 Å². The number of hydrogen-bond acceptors (Lipinski definition) is 4. The second kappa shape index (κ2) is 7.31. The average Bonchev–Trinajstić information content (AvgIpc) is 3.26. The van der Waals surface area contributed by atoms with Gasteiger partial charge in [0.25, 0.3) is 0 Å². The summed E-state index contributed by atoms with van der Waals surface area (Å²) in [5.41, 5.74) is 5.99. The summed E-state index contributed by atoms with van der Waals surface area (Å²) in [6.07, 6.45) is 0. The Morgan fingerprint density at radius 1 is 0.657 bits per heavy atom. The first-order valence-corrected chi connectivity index (χ1v) is 11.7. The van der Waals surface area contributed by atoms with Crippen molar-refractivity contribution in [1.29, 1.82) is 0 Å². The first kappa shape index (κ1) is 20.0. The number of aliphatic carboxylic acids is 1. The van der Waals surface area contributed by atoms with E-state index in [1.54, 1.807) is 6.07 Å². The first-order valence-electron chi connectivity index (χ1n) is 11.7. The topological polar surface area (TPSA) is 82.4 Å². The summed E-state index contributed by atoms with van der Waals surface area (Å²) in [5.74, 6) is -4.05. The van der Waals surface area contributed by atoms with Gasteiger partial charge in [-0.05, 0) is 40.5 Å². The number of carbonyl (C=O) groups excluding carboxylic acids is 2. The lowest BCUT2D eigenvalue weighted by Gasteiger charge is -2.50. The van der Waals surface area contributed by atoms with Crippen molar-refractivity contribution >= 4 is 39.5 Å². The predicted molar refractivity (Wildman–Crippen MR) is 131 cm³/mol. The molecule has 1 heterocycles. The zero-order chi connectivity index (χ0) is 23.7. The molecular weight excluding hydrogens is 438 g/mol. The molecule has 5 aromatic rings. The van der Waals surface area contributed by atoms with Crippen molar-refractivity contribution in [2.75, 3.05) is 5.32 Å². The molecule has 0 saturated heterocycles. The van der Waals surface area contributed by atoms with E-state index in [9.17, 15) is 14.7 Å². The van der Waals surface area contributed by atoms with Gasteiger partial charge in [0.1, 0.15) is 11.2 Å². The maximum Gasteiger partial charge on any atom is 0.229 e. The van der Waals surface area contributed by atoms with Gasteiger partial charge in [-0.3, -0.25) is 4.79 Å². The molecule has 1 amide bonds. The largest absolute Gasteiger partial charge is 0.550 e. The summed E-state index contributed by atoms with van der Waals surface area (Å²) in [5, 5.41) is 17.5. The molecule has 2 atom stereocenters. The highest BCUT2D eigenvalue weighted by molar-refractivity contribution is 6.07. The Hall–Kier alpha value is -4.38. The fraction of sp³-hybridized carbons (Fsp3) is 0.133. The lowest BCUT2D eigenvalue weighted by molar-refractivity contribution is -0.314. The van der Waals surface area contributed by atoms with Crippen LogP contribution in [-0.2, 0) is 9.59 Å². The van der Waals surface area contributed by atoms with E-state index in [4.69, 9.17) is 4.42 Å². The zero-order valence-corrected chi connectivity index (χ0v) is 18.6. The average molecular weight is 458 g/mol. The third kappa shape index (κ3) is 2.81. The van der Waals surface area contributed by atoms with Gasteiger partial charge in [-0.25, -0.2) is 0 Å². The molecule has 4 aromatic carbocycles. The van der Waals surface area contributed by atoms with Gasteiger partial charge in [0, 0.05) is 46.2 Å². The Balaban J connectivity index is 1.32. The van der Waals surface area contributed by atoms with Crippen molar-refractivity contribution in [3.63, 3.8) is 0 Å². The minimum Gasteiger partial charge on any atom is -0.550 e. The highest BCUT2D eigenvalue weighted by atomic mass is 16.4. The number of benzene rings is 4. The molecule has 8 rings (SSSR count). The number of furan rings is 1. The SMILES string of the molecule is O=C([O-])C1C2c3ccccc3C(c3ccccc32)C1C(=O)Nc1ccc2c(c1)oc1ccccc12. The van der Waals surface area contributed by atoms with Crippen molar-refractivity contribution in [3.8, 4) is 0 Å². The molecule has 0 radical (unpaired) electrons. The fourth-order valence-corrected chi connectivity index (χ4v) is 6.30. The van der Waals surface area contributed by atoms with Crippen LogP contribution in [0.15, 0.2) is 95.4 Å². The lowest BCUT2D eigenvalue weighted by atomic mass is 9.54. The van der Waals surface area contributed by atoms with Crippen molar-refractivity contribution in [2.24, 2.45) is 11.8 Å². The normalized spacial score (nSPS) is 22.1. The molecular formula is C30H20NO4-. The third-order valence-corrected chi connectivity index (χ3v) is 7.66. The third-order valence-electron chi connectivity index (χ3n) is 7.66. The minimum atomic E-state index is -1.20. The number of fused-ring (bicyclic) bond motifs is 4. The van der Waals surface area contributed by atoms with Crippen LogP contribution in [0.1, 0.15) is 34.1 Å². The van der Waals surface area contributed by atoms with Crippen LogP contribution >= 0.6 is 0 Å². The summed E-state index contributed by atoms with van der Waals surface area (Å²) in [6, 6.07) is 29.0. The number of hydrogen-bond donors (Lipinski definition) is 1. The molecule has 3 aliphatic rings. The van der Waals surface area contributed by atoms with Crippen LogP contribution < -0.4 is 10.4 Å². The van der Waals surface area contributed by atoms with Gasteiger partial charge in [-0.15, -0.1) is 0 Å². The van der Waals surface area contributed by atoms with E-state index in [-0.39, 0.29) is 11.8 Å².